The van der Waals surface area contributed by atoms with E-state index in [4.69, 9.17) is 5.73 Å². The van der Waals surface area contributed by atoms with Crippen LogP contribution < -0.4 is 27.0 Å². The van der Waals surface area contributed by atoms with Crippen molar-refractivity contribution in [2.24, 2.45) is 5.73 Å². The first-order valence-corrected chi connectivity index (χ1v) is 5.49. The van der Waals surface area contributed by atoms with E-state index >= 15 is 0 Å². The third-order valence-electron chi connectivity index (χ3n) is 2.37. The summed E-state index contributed by atoms with van der Waals surface area (Å²) in [5, 5.41) is 13.5. The number of rotatable bonds is 1. The summed E-state index contributed by atoms with van der Waals surface area (Å²) in [6.07, 6.45) is 0. The number of nitrogens with two attached hydrogens (primary N) is 1. The van der Waals surface area contributed by atoms with Gasteiger partial charge in [-0.1, -0.05) is 0 Å². The van der Waals surface area contributed by atoms with E-state index in [2.05, 4.69) is 21.3 Å². The van der Waals surface area contributed by atoms with E-state index in [0.717, 1.165) is 45.8 Å². The quantitative estimate of drug-likeness (QED) is 0.329. The van der Waals surface area contributed by atoms with Crippen LogP contribution in [-0.4, -0.2) is 58.4 Å². The summed E-state index contributed by atoms with van der Waals surface area (Å²) in [4.78, 5) is 0. The van der Waals surface area contributed by atoms with E-state index in [1.54, 1.807) is 0 Å². The first-order chi connectivity index (χ1) is 6.93. The Morgan fingerprint density at radius 1 is 0.857 bits per heavy atom. The summed E-state index contributed by atoms with van der Waals surface area (Å²) >= 11 is 0. The molecule has 6 N–H and O–H groups in total. The number of nitrogens with one attached hydrogen (secondary N) is 4. The Morgan fingerprint density at radius 3 is 2.07 bits per heavy atom. The minimum atomic E-state index is 0.399. The van der Waals surface area contributed by atoms with E-state index in [0.29, 0.717) is 12.6 Å². The zero-order chi connectivity index (χ0) is 10.1. The average Bonchev–Trinajstić information content (AvgIpc) is 2.19. The minimum Gasteiger partial charge on any atom is -0.329 e. The average molecular weight is 201 g/mol. The maximum atomic E-state index is 5.65. The van der Waals surface area contributed by atoms with E-state index in [1.807, 2.05) is 0 Å². The first kappa shape index (κ1) is 11.9. The Balaban J connectivity index is 2.17. The van der Waals surface area contributed by atoms with Crippen molar-refractivity contribution in [1.29, 1.82) is 0 Å². The number of hydrogen-bond donors (Lipinski definition) is 5. The predicted octanol–water partition coefficient (Wildman–Crippen LogP) is -2.31. The molecule has 1 aliphatic heterocycles. The lowest BCUT2D eigenvalue weighted by Gasteiger charge is -2.19. The summed E-state index contributed by atoms with van der Waals surface area (Å²) in [7, 11) is 0. The van der Waals surface area contributed by atoms with E-state index in [9.17, 15) is 0 Å². The second-order valence-electron chi connectivity index (χ2n) is 3.59. The lowest BCUT2D eigenvalue weighted by atomic mass is 10.3. The molecular weight excluding hydrogens is 178 g/mol. The van der Waals surface area contributed by atoms with Crippen LogP contribution in [0.25, 0.3) is 0 Å². The highest BCUT2D eigenvalue weighted by Crippen LogP contribution is 1.77. The van der Waals surface area contributed by atoms with Gasteiger partial charge in [-0.05, 0) is 0 Å². The highest BCUT2D eigenvalue weighted by atomic mass is 15.0. The third-order valence-corrected chi connectivity index (χ3v) is 2.37. The van der Waals surface area contributed by atoms with Crippen LogP contribution in [0.4, 0.5) is 0 Å². The van der Waals surface area contributed by atoms with Gasteiger partial charge in [-0.15, -0.1) is 0 Å². The fraction of sp³-hybridized carbons (Fsp3) is 1.00. The fourth-order valence-electron chi connectivity index (χ4n) is 1.48. The van der Waals surface area contributed by atoms with Crippen LogP contribution in [0.2, 0.25) is 0 Å². The van der Waals surface area contributed by atoms with Crippen molar-refractivity contribution in [1.82, 2.24) is 21.3 Å². The molecule has 14 heavy (non-hydrogen) atoms. The van der Waals surface area contributed by atoms with Gasteiger partial charge in [0.25, 0.3) is 0 Å². The van der Waals surface area contributed by atoms with Gasteiger partial charge in [0.1, 0.15) is 0 Å². The normalized spacial score (nSPS) is 27.6. The zero-order valence-electron chi connectivity index (χ0n) is 8.81. The lowest BCUT2D eigenvalue weighted by Crippen LogP contribution is -2.48. The fourth-order valence-corrected chi connectivity index (χ4v) is 1.48. The van der Waals surface area contributed by atoms with Crippen LogP contribution in [0, 0.1) is 0 Å². The minimum absolute atomic E-state index is 0.399. The molecule has 0 saturated carbocycles. The summed E-state index contributed by atoms with van der Waals surface area (Å²) in [5.74, 6) is 0. The Kier molecular flexibility index (Phi) is 6.90. The monoisotopic (exact) mass is 201 g/mol. The summed E-state index contributed by atoms with van der Waals surface area (Å²) < 4.78 is 0. The van der Waals surface area contributed by atoms with Crippen LogP contribution in [0.3, 0.4) is 0 Å². The predicted molar refractivity (Wildman–Crippen MR) is 59.5 cm³/mol. The molecule has 0 aliphatic carbocycles. The second-order valence-corrected chi connectivity index (χ2v) is 3.59. The molecule has 0 spiro atoms. The molecule has 84 valence electrons. The largest absolute Gasteiger partial charge is 0.329 e. The van der Waals surface area contributed by atoms with Crippen molar-refractivity contribution in [2.45, 2.75) is 6.04 Å². The highest BCUT2D eigenvalue weighted by Gasteiger charge is 2.04. The smallest absolute Gasteiger partial charge is 0.0315 e. The Bertz CT molecular complexity index is 118. The summed E-state index contributed by atoms with van der Waals surface area (Å²) in [6.45, 7) is 7.77. The lowest BCUT2D eigenvalue weighted by molar-refractivity contribution is 0.457. The van der Waals surface area contributed by atoms with E-state index in [1.165, 1.54) is 0 Å². The molecule has 0 aromatic rings. The van der Waals surface area contributed by atoms with Crippen LogP contribution in [-0.2, 0) is 0 Å². The molecule has 0 unspecified atom stereocenters. The zero-order valence-corrected chi connectivity index (χ0v) is 8.81. The molecular formula is C9H23N5. The van der Waals surface area contributed by atoms with Gasteiger partial charge in [-0.25, -0.2) is 0 Å². The van der Waals surface area contributed by atoms with Gasteiger partial charge in [0.05, 0.1) is 0 Å². The Morgan fingerprint density at radius 2 is 1.43 bits per heavy atom. The molecule has 1 saturated heterocycles. The molecule has 1 atom stereocenters. The van der Waals surface area contributed by atoms with Crippen LogP contribution in [0.1, 0.15) is 0 Å². The van der Waals surface area contributed by atoms with Crippen LogP contribution in [0.15, 0.2) is 0 Å². The maximum Gasteiger partial charge on any atom is 0.0315 e. The highest BCUT2D eigenvalue weighted by molar-refractivity contribution is 4.72. The molecule has 1 rings (SSSR count). The van der Waals surface area contributed by atoms with Gasteiger partial charge in [-0.3, -0.25) is 0 Å². The standard InChI is InChI=1S/C9H23N5/c10-7-9-8-13-4-3-11-1-2-12-5-6-14-9/h9,11-14H,1-8,10H2/t9-/m1/s1. The van der Waals surface area contributed by atoms with Crippen LogP contribution >= 0.6 is 0 Å². The summed E-state index contributed by atoms with van der Waals surface area (Å²) in [5.41, 5.74) is 5.65. The van der Waals surface area contributed by atoms with Gasteiger partial charge in [0.2, 0.25) is 0 Å². The Labute approximate surface area is 86.2 Å². The topological polar surface area (TPSA) is 74.1 Å². The Hall–Kier alpha value is -0.200. The molecule has 0 radical (unpaired) electrons. The molecule has 0 aromatic carbocycles. The van der Waals surface area contributed by atoms with Gasteiger partial charge >= 0.3 is 0 Å². The van der Waals surface area contributed by atoms with Gasteiger partial charge in [0.15, 0.2) is 0 Å². The SMILES string of the molecule is NC[C@@H]1CNCCNCCNCCN1. The molecule has 1 aliphatic rings. The van der Waals surface area contributed by atoms with Crippen molar-refractivity contribution >= 4 is 0 Å². The number of hydrogen-bond acceptors (Lipinski definition) is 5. The van der Waals surface area contributed by atoms with Crippen molar-refractivity contribution in [2.75, 3.05) is 52.4 Å². The molecule has 5 nitrogen and oxygen atoms in total. The second kappa shape index (κ2) is 8.14. The third kappa shape index (κ3) is 5.51. The van der Waals surface area contributed by atoms with Gasteiger partial charge in [-0.2, -0.15) is 0 Å². The van der Waals surface area contributed by atoms with Crippen molar-refractivity contribution in [3.63, 3.8) is 0 Å². The van der Waals surface area contributed by atoms with Crippen molar-refractivity contribution < 1.29 is 0 Å². The maximum absolute atomic E-state index is 5.65. The molecule has 0 aromatic heterocycles. The molecule has 0 amide bonds. The van der Waals surface area contributed by atoms with Crippen LogP contribution in [0.5, 0.6) is 0 Å². The summed E-state index contributed by atoms with van der Waals surface area (Å²) in [6, 6.07) is 0.399. The molecule has 5 heteroatoms. The van der Waals surface area contributed by atoms with E-state index < -0.39 is 0 Å². The van der Waals surface area contributed by atoms with Gasteiger partial charge in [0, 0.05) is 58.4 Å². The van der Waals surface area contributed by atoms with Gasteiger partial charge < -0.3 is 27.0 Å². The van der Waals surface area contributed by atoms with E-state index in [-0.39, 0.29) is 0 Å². The van der Waals surface area contributed by atoms with Crippen molar-refractivity contribution in [3.05, 3.63) is 0 Å². The molecule has 0 bridgehead atoms. The molecule has 1 fully saturated rings. The molecule has 1 heterocycles. The first-order valence-electron chi connectivity index (χ1n) is 5.49. The van der Waals surface area contributed by atoms with Crippen molar-refractivity contribution in [3.8, 4) is 0 Å².